The average molecular weight is 260 g/mol. The fraction of sp³-hybridized carbons (Fsp3) is 0.727. The highest BCUT2D eigenvalue weighted by Crippen LogP contribution is 2.34. The maximum Gasteiger partial charge on any atom is 0.408 e. The van der Waals surface area contributed by atoms with Crippen molar-refractivity contribution in [1.29, 1.82) is 0 Å². The van der Waals surface area contributed by atoms with Gasteiger partial charge in [-0.3, -0.25) is 9.58 Å². The molecular weight excluding hydrogens is 245 g/mol. The van der Waals surface area contributed by atoms with Crippen LogP contribution in [0.25, 0.3) is 0 Å². The molecule has 0 unspecified atom stereocenters. The lowest BCUT2D eigenvalue weighted by molar-refractivity contribution is -0.143. The van der Waals surface area contributed by atoms with E-state index in [1.807, 2.05) is 0 Å². The maximum absolute atomic E-state index is 12.3. The van der Waals surface area contributed by atoms with E-state index in [0.29, 0.717) is 17.7 Å². The van der Waals surface area contributed by atoms with Crippen LogP contribution in [0.15, 0.2) is 12.3 Å². The van der Waals surface area contributed by atoms with E-state index < -0.39 is 12.7 Å². The zero-order valence-electron chi connectivity index (χ0n) is 9.87. The van der Waals surface area contributed by atoms with Gasteiger partial charge in [-0.25, -0.2) is 0 Å². The van der Waals surface area contributed by atoms with Gasteiger partial charge in [-0.2, -0.15) is 18.3 Å². The summed E-state index contributed by atoms with van der Waals surface area (Å²) in [6.07, 6.45) is -2.78. The van der Waals surface area contributed by atoms with Crippen LogP contribution in [0, 0.1) is 5.41 Å². The fourth-order valence-electron chi connectivity index (χ4n) is 2.75. The predicted molar refractivity (Wildman–Crippen MR) is 58.9 cm³/mol. The SMILES string of the molecule is FC(F)(F)Cn1nccc1CN1CC2(CNC2)C1. The Kier molecular flexibility index (Phi) is 2.63. The minimum atomic E-state index is -4.21. The first kappa shape index (κ1) is 12.0. The standard InChI is InChI=1S/C11H15F3N4/c12-11(13,14)8-18-9(1-2-16-18)3-17-6-10(7-17)4-15-5-10/h1-2,15H,3-8H2. The Labute approximate surface area is 103 Å². The third-order valence-electron chi connectivity index (χ3n) is 3.64. The number of aromatic nitrogens is 2. The molecule has 18 heavy (non-hydrogen) atoms. The molecule has 100 valence electrons. The number of rotatable bonds is 3. The van der Waals surface area contributed by atoms with Gasteiger partial charge in [0.15, 0.2) is 0 Å². The first-order valence-electron chi connectivity index (χ1n) is 5.96. The zero-order chi connectivity index (χ0) is 12.8. The zero-order valence-corrected chi connectivity index (χ0v) is 9.87. The Balaban J connectivity index is 1.58. The average Bonchev–Trinajstić information content (AvgIpc) is 2.52. The monoisotopic (exact) mass is 260 g/mol. The summed E-state index contributed by atoms with van der Waals surface area (Å²) in [7, 11) is 0. The highest BCUT2D eigenvalue weighted by atomic mass is 19.4. The van der Waals surface area contributed by atoms with E-state index in [4.69, 9.17) is 0 Å². The summed E-state index contributed by atoms with van der Waals surface area (Å²) in [5.41, 5.74) is 1.03. The summed E-state index contributed by atoms with van der Waals surface area (Å²) in [6.45, 7) is 3.55. The molecule has 0 bridgehead atoms. The lowest BCUT2D eigenvalue weighted by Gasteiger charge is -2.56. The molecule has 0 atom stereocenters. The van der Waals surface area contributed by atoms with Gasteiger partial charge in [0, 0.05) is 44.3 Å². The van der Waals surface area contributed by atoms with Crippen molar-refractivity contribution in [3.05, 3.63) is 18.0 Å². The minimum absolute atomic E-state index is 0.398. The fourth-order valence-corrected chi connectivity index (χ4v) is 2.75. The van der Waals surface area contributed by atoms with Crippen molar-refractivity contribution in [3.8, 4) is 0 Å². The van der Waals surface area contributed by atoms with Crippen molar-refractivity contribution in [2.45, 2.75) is 19.3 Å². The summed E-state index contributed by atoms with van der Waals surface area (Å²) in [5, 5.41) is 6.97. The molecule has 3 heterocycles. The van der Waals surface area contributed by atoms with Crippen molar-refractivity contribution in [1.82, 2.24) is 20.0 Å². The van der Waals surface area contributed by atoms with Crippen LogP contribution < -0.4 is 5.32 Å². The second-order valence-corrected chi connectivity index (χ2v) is 5.34. The van der Waals surface area contributed by atoms with Crippen molar-refractivity contribution >= 4 is 0 Å². The molecule has 2 aliphatic heterocycles. The van der Waals surface area contributed by atoms with Crippen molar-refractivity contribution in [2.75, 3.05) is 26.2 Å². The van der Waals surface area contributed by atoms with Gasteiger partial charge in [-0.05, 0) is 6.07 Å². The van der Waals surface area contributed by atoms with E-state index in [2.05, 4.69) is 15.3 Å². The number of hydrogen-bond acceptors (Lipinski definition) is 3. The molecule has 2 aliphatic rings. The van der Waals surface area contributed by atoms with E-state index in [9.17, 15) is 13.2 Å². The summed E-state index contributed by atoms with van der Waals surface area (Å²) in [4.78, 5) is 2.17. The quantitative estimate of drug-likeness (QED) is 0.874. The number of likely N-dealkylation sites (tertiary alicyclic amines) is 1. The maximum atomic E-state index is 12.3. The largest absolute Gasteiger partial charge is 0.408 e. The summed E-state index contributed by atoms with van der Waals surface area (Å²) >= 11 is 0. The molecule has 0 saturated carbocycles. The molecule has 2 saturated heterocycles. The third-order valence-corrected chi connectivity index (χ3v) is 3.64. The Bertz CT molecular complexity index is 428. The first-order chi connectivity index (χ1) is 8.46. The molecule has 7 heteroatoms. The number of alkyl halides is 3. The summed E-state index contributed by atoms with van der Waals surface area (Å²) in [6, 6.07) is 1.66. The number of halogens is 3. The molecule has 1 aromatic heterocycles. The molecule has 1 aromatic rings. The normalized spacial score (nSPS) is 22.8. The highest BCUT2D eigenvalue weighted by Gasteiger charge is 2.47. The van der Waals surface area contributed by atoms with E-state index in [1.165, 1.54) is 6.20 Å². The van der Waals surface area contributed by atoms with Crippen LogP contribution in [0.4, 0.5) is 13.2 Å². The first-order valence-corrected chi connectivity index (χ1v) is 5.96. The van der Waals surface area contributed by atoms with Gasteiger partial charge in [-0.15, -0.1) is 0 Å². The van der Waals surface area contributed by atoms with E-state index in [-0.39, 0.29) is 0 Å². The molecule has 0 aromatic carbocycles. The predicted octanol–water partition coefficient (Wildman–Crippen LogP) is 0.851. The van der Waals surface area contributed by atoms with Gasteiger partial charge in [0.2, 0.25) is 0 Å². The van der Waals surface area contributed by atoms with Gasteiger partial charge in [0.1, 0.15) is 6.54 Å². The second kappa shape index (κ2) is 3.96. The third kappa shape index (κ3) is 2.24. The van der Waals surface area contributed by atoms with Crippen LogP contribution in [0.5, 0.6) is 0 Å². The van der Waals surface area contributed by atoms with Crippen molar-refractivity contribution < 1.29 is 13.2 Å². The van der Waals surface area contributed by atoms with Gasteiger partial charge in [-0.1, -0.05) is 0 Å². The molecule has 1 N–H and O–H groups in total. The van der Waals surface area contributed by atoms with Crippen molar-refractivity contribution in [2.24, 2.45) is 5.41 Å². The molecule has 2 fully saturated rings. The molecule has 0 amide bonds. The van der Waals surface area contributed by atoms with Crippen LogP contribution in [0.2, 0.25) is 0 Å². The second-order valence-electron chi connectivity index (χ2n) is 5.34. The summed E-state index contributed by atoms with van der Waals surface area (Å²) in [5.74, 6) is 0. The highest BCUT2D eigenvalue weighted by molar-refractivity contribution is 5.08. The van der Waals surface area contributed by atoms with Crippen LogP contribution in [0.3, 0.4) is 0 Å². The molecule has 1 spiro atoms. The molecular formula is C11H15F3N4. The van der Waals surface area contributed by atoms with Crippen LogP contribution in [-0.4, -0.2) is 47.0 Å². The summed E-state index contributed by atoms with van der Waals surface area (Å²) < 4.78 is 38.1. The van der Waals surface area contributed by atoms with E-state index in [1.54, 1.807) is 6.07 Å². The van der Waals surface area contributed by atoms with Crippen molar-refractivity contribution in [3.63, 3.8) is 0 Å². The molecule has 0 aliphatic carbocycles. The Morgan fingerprint density at radius 3 is 2.61 bits per heavy atom. The number of hydrogen-bond donors (Lipinski definition) is 1. The lowest BCUT2D eigenvalue weighted by Crippen LogP contribution is -2.70. The van der Waals surface area contributed by atoms with E-state index in [0.717, 1.165) is 30.9 Å². The molecule has 0 radical (unpaired) electrons. The van der Waals surface area contributed by atoms with E-state index >= 15 is 0 Å². The van der Waals surface area contributed by atoms with Gasteiger partial charge in [0.05, 0.1) is 5.69 Å². The Hall–Kier alpha value is -1.08. The minimum Gasteiger partial charge on any atom is -0.315 e. The Morgan fingerprint density at radius 1 is 1.33 bits per heavy atom. The van der Waals surface area contributed by atoms with Crippen LogP contribution >= 0.6 is 0 Å². The Morgan fingerprint density at radius 2 is 2.06 bits per heavy atom. The van der Waals surface area contributed by atoms with Crippen LogP contribution in [-0.2, 0) is 13.1 Å². The molecule has 3 rings (SSSR count). The van der Waals surface area contributed by atoms with Gasteiger partial charge in [0.25, 0.3) is 0 Å². The van der Waals surface area contributed by atoms with Crippen LogP contribution in [0.1, 0.15) is 5.69 Å². The van der Waals surface area contributed by atoms with Gasteiger partial charge < -0.3 is 5.32 Å². The topological polar surface area (TPSA) is 33.1 Å². The van der Waals surface area contributed by atoms with Gasteiger partial charge >= 0.3 is 6.18 Å². The lowest BCUT2D eigenvalue weighted by atomic mass is 9.74. The number of nitrogens with one attached hydrogen (secondary N) is 1. The molecule has 4 nitrogen and oxygen atoms in total. The number of nitrogens with zero attached hydrogens (tertiary/aromatic N) is 3. The smallest absolute Gasteiger partial charge is 0.315 e.